The van der Waals surface area contributed by atoms with Crippen LogP contribution < -0.4 is 16.0 Å². The Balaban J connectivity index is 1.35. The van der Waals surface area contributed by atoms with Crippen molar-refractivity contribution in [3.63, 3.8) is 0 Å². The van der Waals surface area contributed by atoms with E-state index in [-0.39, 0.29) is 5.91 Å². The average molecular weight is 549 g/mol. The van der Waals surface area contributed by atoms with Gasteiger partial charge in [-0.15, -0.1) is 11.8 Å². The maximum atomic E-state index is 13.6. The lowest BCUT2D eigenvalue weighted by molar-refractivity contribution is 0.102. The summed E-state index contributed by atoms with van der Waals surface area (Å²) in [6.45, 7) is 4.49. The zero-order valence-corrected chi connectivity index (χ0v) is 23.6. The fraction of sp³-hybridized carbons (Fsp3) is 0.125. The summed E-state index contributed by atoms with van der Waals surface area (Å²) < 4.78 is 0. The maximum absolute atomic E-state index is 13.6. The predicted octanol–water partition coefficient (Wildman–Crippen LogP) is 8.21. The van der Waals surface area contributed by atoms with Gasteiger partial charge in [-0.05, 0) is 85.8 Å². The van der Waals surface area contributed by atoms with E-state index >= 15 is 0 Å². The molecule has 0 saturated heterocycles. The van der Waals surface area contributed by atoms with E-state index in [1.165, 1.54) is 14.7 Å². The molecular formula is C32H28N4OS2. The lowest BCUT2D eigenvalue weighted by atomic mass is 10.0. The second-order valence-electron chi connectivity index (χ2n) is 9.57. The molecule has 4 aromatic carbocycles. The van der Waals surface area contributed by atoms with Crippen molar-refractivity contribution in [2.75, 3.05) is 22.2 Å². The van der Waals surface area contributed by atoms with E-state index < -0.39 is 0 Å². The molecule has 1 aliphatic rings. The Labute approximate surface area is 236 Å². The average Bonchev–Trinajstić information content (AvgIpc) is 2.96. The van der Waals surface area contributed by atoms with Crippen molar-refractivity contribution in [2.24, 2.45) is 0 Å². The van der Waals surface area contributed by atoms with Crippen molar-refractivity contribution in [2.45, 2.75) is 35.1 Å². The molecule has 0 bridgehead atoms. The first kappa shape index (κ1) is 25.3. The third-order valence-electron chi connectivity index (χ3n) is 7.20. The monoisotopic (exact) mass is 548 g/mol. The highest BCUT2D eigenvalue weighted by Crippen LogP contribution is 2.49. The summed E-state index contributed by atoms with van der Waals surface area (Å²) in [4.78, 5) is 24.2. The number of thioether (sulfide) groups is 1. The summed E-state index contributed by atoms with van der Waals surface area (Å²) in [5.74, 6) is -0.155. The number of para-hydroxylation sites is 1. The summed E-state index contributed by atoms with van der Waals surface area (Å²) in [7, 11) is 0. The van der Waals surface area contributed by atoms with E-state index in [0.29, 0.717) is 23.5 Å². The van der Waals surface area contributed by atoms with Gasteiger partial charge in [-0.1, -0.05) is 42.1 Å². The predicted molar refractivity (Wildman–Crippen MR) is 165 cm³/mol. The molecule has 2 heterocycles. The van der Waals surface area contributed by atoms with Crippen molar-refractivity contribution in [1.82, 2.24) is 4.98 Å². The van der Waals surface area contributed by atoms with Crippen LogP contribution in [0, 0.1) is 13.8 Å². The normalized spacial score (nSPS) is 12.2. The molecule has 0 fully saturated rings. The molecule has 6 rings (SSSR count). The van der Waals surface area contributed by atoms with Crippen molar-refractivity contribution in [3.05, 3.63) is 107 Å². The smallest absolute Gasteiger partial charge is 0.256 e. The number of aromatic nitrogens is 1. The first-order valence-electron chi connectivity index (χ1n) is 12.7. The number of anilines is 4. The Morgan fingerprint density at radius 1 is 0.949 bits per heavy atom. The molecule has 0 spiro atoms. The van der Waals surface area contributed by atoms with E-state index in [4.69, 9.17) is 5.73 Å². The van der Waals surface area contributed by atoms with Gasteiger partial charge in [-0.2, -0.15) is 0 Å². The van der Waals surface area contributed by atoms with Crippen molar-refractivity contribution in [3.8, 4) is 0 Å². The van der Waals surface area contributed by atoms with E-state index in [1.807, 2.05) is 56.3 Å². The molecule has 0 radical (unpaired) electrons. The summed E-state index contributed by atoms with van der Waals surface area (Å²) >= 11 is 3.52. The van der Waals surface area contributed by atoms with Gasteiger partial charge in [-0.3, -0.25) is 9.78 Å². The first-order chi connectivity index (χ1) is 18.9. The second kappa shape index (κ2) is 10.3. The third kappa shape index (κ3) is 4.73. The number of amides is 1. The molecule has 39 heavy (non-hydrogen) atoms. The van der Waals surface area contributed by atoms with Crippen LogP contribution >= 0.6 is 23.5 Å². The quantitative estimate of drug-likeness (QED) is 0.216. The fourth-order valence-electron chi connectivity index (χ4n) is 4.94. The van der Waals surface area contributed by atoms with Crippen LogP contribution in [0.15, 0.2) is 99.6 Å². The molecule has 0 aliphatic carbocycles. The molecule has 1 aromatic heterocycles. The topological polar surface area (TPSA) is 71.2 Å². The minimum Gasteiger partial charge on any atom is -0.398 e. The highest BCUT2D eigenvalue weighted by molar-refractivity contribution is 8.00. The van der Waals surface area contributed by atoms with Gasteiger partial charge in [0.2, 0.25) is 0 Å². The lowest BCUT2D eigenvalue weighted by Gasteiger charge is -2.33. The number of nitrogens with one attached hydrogen (secondary N) is 1. The van der Waals surface area contributed by atoms with Gasteiger partial charge in [0, 0.05) is 49.2 Å². The van der Waals surface area contributed by atoms with Crippen molar-refractivity contribution < 1.29 is 4.79 Å². The number of carbonyl (C=O) groups excluding carboxylic acids is 1. The van der Waals surface area contributed by atoms with Crippen molar-refractivity contribution in [1.29, 1.82) is 0 Å². The minimum absolute atomic E-state index is 0.155. The van der Waals surface area contributed by atoms with E-state index in [1.54, 1.807) is 23.5 Å². The molecular weight excluding hydrogens is 521 g/mol. The molecule has 5 aromatic rings. The van der Waals surface area contributed by atoms with Crippen LogP contribution in [0.2, 0.25) is 0 Å². The number of nitrogens with two attached hydrogens (primary N) is 1. The Morgan fingerprint density at radius 3 is 2.56 bits per heavy atom. The number of aryl methyl sites for hydroxylation is 1. The number of hydrogen-bond donors (Lipinski definition) is 2. The molecule has 194 valence electrons. The molecule has 5 nitrogen and oxygen atoms in total. The number of carbonyl (C=O) groups is 1. The number of hydrogen-bond acceptors (Lipinski definition) is 6. The van der Waals surface area contributed by atoms with Gasteiger partial charge in [-0.25, -0.2) is 0 Å². The molecule has 0 saturated carbocycles. The Morgan fingerprint density at radius 2 is 1.72 bits per heavy atom. The summed E-state index contributed by atoms with van der Waals surface area (Å²) in [5, 5.41) is 3.94. The standard InChI is InChI=1S/C32H28N4OS2/c1-19-20(2)34-26-14-12-22(16-25(26)31(19)33)35-32(37)24-9-5-4-8-21(24)18-36-27-10-6-7-11-29(27)39-30-15-13-23(38-3)17-28(30)36/h4-17H,18H2,1-3H3,(H2,33,34)(H,35,37). The minimum atomic E-state index is -0.155. The zero-order valence-electron chi connectivity index (χ0n) is 22.0. The van der Waals surface area contributed by atoms with E-state index in [0.717, 1.165) is 39.1 Å². The Hall–Kier alpha value is -3.94. The summed E-state index contributed by atoms with van der Waals surface area (Å²) in [6, 6.07) is 28.5. The number of fused-ring (bicyclic) bond motifs is 3. The summed E-state index contributed by atoms with van der Waals surface area (Å²) in [6.07, 6.45) is 2.09. The number of benzene rings is 4. The highest BCUT2D eigenvalue weighted by Gasteiger charge is 2.25. The first-order valence-corrected chi connectivity index (χ1v) is 14.7. The van der Waals surface area contributed by atoms with Crippen LogP contribution in [0.5, 0.6) is 0 Å². The molecule has 0 atom stereocenters. The van der Waals surface area contributed by atoms with Crippen LogP contribution in [0.25, 0.3) is 10.9 Å². The number of pyridine rings is 1. The Bertz CT molecular complexity index is 1750. The van der Waals surface area contributed by atoms with Gasteiger partial charge in [0.15, 0.2) is 0 Å². The van der Waals surface area contributed by atoms with Crippen LogP contribution in [0.1, 0.15) is 27.2 Å². The van der Waals surface area contributed by atoms with Crippen LogP contribution in [0.4, 0.5) is 22.7 Å². The lowest BCUT2D eigenvalue weighted by Crippen LogP contribution is -2.23. The van der Waals surface area contributed by atoms with E-state index in [9.17, 15) is 4.79 Å². The third-order valence-corrected chi connectivity index (χ3v) is 9.06. The molecule has 1 aliphatic heterocycles. The Kier molecular flexibility index (Phi) is 6.71. The maximum Gasteiger partial charge on any atom is 0.256 e. The van der Waals surface area contributed by atoms with Crippen molar-refractivity contribution >= 4 is 63.1 Å². The van der Waals surface area contributed by atoms with Crippen LogP contribution in [-0.4, -0.2) is 17.1 Å². The van der Waals surface area contributed by atoms with E-state index in [2.05, 4.69) is 63.9 Å². The molecule has 3 N–H and O–H groups in total. The molecule has 1 amide bonds. The SMILES string of the molecule is CSc1ccc2c(c1)N(Cc1ccccc1C(=O)Nc1ccc3nc(C)c(C)c(N)c3c1)c1ccccc1S2. The fourth-order valence-corrected chi connectivity index (χ4v) is 6.45. The van der Waals surface area contributed by atoms with Crippen LogP contribution in [0.3, 0.4) is 0 Å². The van der Waals surface area contributed by atoms with Gasteiger partial charge in [0.05, 0.1) is 16.9 Å². The molecule has 0 unspecified atom stereocenters. The molecule has 7 heteroatoms. The number of nitrogens with zero attached hydrogens (tertiary/aromatic N) is 2. The highest BCUT2D eigenvalue weighted by atomic mass is 32.2. The second-order valence-corrected chi connectivity index (χ2v) is 11.5. The zero-order chi connectivity index (χ0) is 27.1. The van der Waals surface area contributed by atoms with Gasteiger partial charge < -0.3 is 16.0 Å². The number of rotatable bonds is 5. The van der Waals surface area contributed by atoms with Crippen LogP contribution in [-0.2, 0) is 6.54 Å². The van der Waals surface area contributed by atoms with Gasteiger partial charge >= 0.3 is 0 Å². The largest absolute Gasteiger partial charge is 0.398 e. The summed E-state index contributed by atoms with van der Waals surface area (Å²) in [5.41, 5.74) is 14.4. The van der Waals surface area contributed by atoms with Gasteiger partial charge in [0.1, 0.15) is 0 Å². The number of nitrogen functional groups attached to an aromatic ring is 1. The van der Waals surface area contributed by atoms with Gasteiger partial charge in [0.25, 0.3) is 5.91 Å².